The second-order valence-electron chi connectivity index (χ2n) is 4.23. The fourth-order valence-electron chi connectivity index (χ4n) is 1.72. The van der Waals surface area contributed by atoms with E-state index in [1.165, 1.54) is 6.07 Å². The molecule has 0 unspecified atom stereocenters. The summed E-state index contributed by atoms with van der Waals surface area (Å²) in [5.41, 5.74) is 2.42. The number of hydrazine groups is 1. The van der Waals surface area contributed by atoms with Gasteiger partial charge in [-0.3, -0.25) is 15.0 Å². The van der Waals surface area contributed by atoms with Crippen LogP contribution < -0.4 is 21.6 Å². The largest absolute Gasteiger partial charge is 0.492 e. The predicted molar refractivity (Wildman–Crippen MR) is 82.0 cm³/mol. The molecule has 1 aromatic carbocycles. The van der Waals surface area contributed by atoms with Gasteiger partial charge in [0, 0.05) is 22.3 Å². The first kappa shape index (κ1) is 15.3. The van der Waals surface area contributed by atoms with Crippen LogP contribution in [0.3, 0.4) is 0 Å². The molecule has 0 aliphatic rings. The molecule has 1 aromatic heterocycles. The van der Waals surface area contributed by atoms with Crippen molar-refractivity contribution in [1.29, 1.82) is 0 Å². The molecule has 0 atom stereocenters. The predicted octanol–water partition coefficient (Wildman–Crippen LogP) is 1.29. The van der Waals surface area contributed by atoms with Gasteiger partial charge in [-0.15, -0.1) is 0 Å². The number of nitrogen functional groups attached to an aromatic ring is 1. The van der Waals surface area contributed by atoms with E-state index in [-0.39, 0.29) is 11.5 Å². The number of aromatic nitrogens is 1. The van der Waals surface area contributed by atoms with Crippen molar-refractivity contribution in [2.75, 3.05) is 6.61 Å². The second kappa shape index (κ2) is 7.05. The number of benzene rings is 1. The van der Waals surface area contributed by atoms with Gasteiger partial charge in [-0.1, -0.05) is 0 Å². The van der Waals surface area contributed by atoms with E-state index in [1.807, 2.05) is 0 Å². The molecule has 0 saturated carbocycles. The zero-order valence-electron chi connectivity index (χ0n) is 11.1. The van der Waals surface area contributed by atoms with E-state index in [2.05, 4.69) is 21.4 Å². The van der Waals surface area contributed by atoms with Crippen LogP contribution in [0.5, 0.6) is 5.75 Å². The van der Waals surface area contributed by atoms with E-state index in [0.717, 1.165) is 4.47 Å². The Balaban J connectivity index is 1.93. The lowest BCUT2D eigenvalue weighted by Crippen LogP contribution is -2.29. The summed E-state index contributed by atoms with van der Waals surface area (Å²) in [6, 6.07) is 9.76. The van der Waals surface area contributed by atoms with Gasteiger partial charge in [-0.2, -0.15) is 0 Å². The number of ether oxygens (including phenoxy) is 1. The molecule has 0 fully saturated rings. The number of hydrogen-bond donors (Lipinski definition) is 2. The third-order valence-electron chi connectivity index (χ3n) is 2.80. The Kier molecular flexibility index (Phi) is 5.13. The smallest absolute Gasteiger partial charge is 0.265 e. The summed E-state index contributed by atoms with van der Waals surface area (Å²) in [5.74, 6) is 5.30. The lowest BCUT2D eigenvalue weighted by Gasteiger charge is -2.09. The zero-order chi connectivity index (χ0) is 15.2. The van der Waals surface area contributed by atoms with E-state index < -0.39 is 0 Å². The van der Waals surface area contributed by atoms with Crippen LogP contribution in [-0.4, -0.2) is 17.1 Å². The molecule has 0 radical (unpaired) electrons. The SMILES string of the molecule is NNC(=O)c1ccc(OCCn2cc(Br)ccc2=O)cc1. The zero-order valence-corrected chi connectivity index (χ0v) is 12.7. The Morgan fingerprint density at radius 1 is 1.24 bits per heavy atom. The highest BCUT2D eigenvalue weighted by Crippen LogP contribution is 2.12. The molecule has 2 aromatic rings. The van der Waals surface area contributed by atoms with Crippen molar-refractivity contribution in [3.05, 3.63) is 63.0 Å². The fraction of sp³-hybridized carbons (Fsp3) is 0.143. The number of amides is 1. The summed E-state index contributed by atoms with van der Waals surface area (Å²) >= 11 is 3.31. The van der Waals surface area contributed by atoms with Crippen molar-refractivity contribution in [1.82, 2.24) is 9.99 Å². The summed E-state index contributed by atoms with van der Waals surface area (Å²) in [5, 5.41) is 0. The Morgan fingerprint density at radius 2 is 1.95 bits per heavy atom. The highest BCUT2D eigenvalue weighted by Gasteiger charge is 2.03. The van der Waals surface area contributed by atoms with E-state index in [9.17, 15) is 9.59 Å². The number of nitrogens with zero attached hydrogens (tertiary/aromatic N) is 1. The third-order valence-corrected chi connectivity index (χ3v) is 3.26. The van der Waals surface area contributed by atoms with Crippen LogP contribution >= 0.6 is 15.9 Å². The average Bonchev–Trinajstić information content (AvgIpc) is 2.50. The summed E-state index contributed by atoms with van der Waals surface area (Å²) in [7, 11) is 0. The number of rotatable bonds is 5. The average molecular weight is 352 g/mol. The van der Waals surface area contributed by atoms with Gasteiger partial charge in [0.05, 0.1) is 6.54 Å². The van der Waals surface area contributed by atoms with E-state index in [0.29, 0.717) is 24.5 Å². The molecule has 0 spiro atoms. The molecule has 7 heteroatoms. The maximum absolute atomic E-state index is 11.6. The van der Waals surface area contributed by atoms with Crippen LogP contribution in [0.15, 0.2) is 51.9 Å². The normalized spacial score (nSPS) is 10.2. The summed E-state index contributed by atoms with van der Waals surface area (Å²) in [4.78, 5) is 22.9. The maximum Gasteiger partial charge on any atom is 0.265 e. The first-order valence-corrected chi connectivity index (χ1v) is 6.99. The van der Waals surface area contributed by atoms with Crippen molar-refractivity contribution in [3.63, 3.8) is 0 Å². The molecular weight excluding hydrogens is 338 g/mol. The molecule has 21 heavy (non-hydrogen) atoms. The van der Waals surface area contributed by atoms with Crippen LogP contribution in [0.2, 0.25) is 0 Å². The Hall–Kier alpha value is -2.12. The molecule has 0 aliphatic heterocycles. The van der Waals surface area contributed by atoms with Crippen molar-refractivity contribution >= 4 is 21.8 Å². The first-order chi connectivity index (χ1) is 10.1. The van der Waals surface area contributed by atoms with Crippen LogP contribution in [-0.2, 0) is 6.54 Å². The lowest BCUT2D eigenvalue weighted by atomic mass is 10.2. The van der Waals surface area contributed by atoms with Gasteiger partial charge >= 0.3 is 0 Å². The lowest BCUT2D eigenvalue weighted by molar-refractivity contribution is 0.0953. The van der Waals surface area contributed by atoms with Gasteiger partial charge < -0.3 is 9.30 Å². The van der Waals surface area contributed by atoms with Crippen LogP contribution in [0.4, 0.5) is 0 Å². The van der Waals surface area contributed by atoms with Gasteiger partial charge in [0.2, 0.25) is 0 Å². The Bertz CT molecular complexity index is 683. The molecule has 1 amide bonds. The third kappa shape index (κ3) is 4.17. The molecule has 1 heterocycles. The van der Waals surface area contributed by atoms with Crippen LogP contribution in [0.1, 0.15) is 10.4 Å². The molecule has 0 saturated heterocycles. The summed E-state index contributed by atoms with van der Waals surface area (Å²) < 4.78 is 7.92. The Morgan fingerprint density at radius 3 is 2.62 bits per heavy atom. The highest BCUT2D eigenvalue weighted by molar-refractivity contribution is 9.10. The quantitative estimate of drug-likeness (QED) is 0.482. The molecule has 0 bridgehead atoms. The first-order valence-electron chi connectivity index (χ1n) is 6.20. The summed E-state index contributed by atoms with van der Waals surface area (Å²) in [6.07, 6.45) is 1.71. The van der Waals surface area contributed by atoms with Gasteiger partial charge in [0.25, 0.3) is 11.5 Å². The van der Waals surface area contributed by atoms with Gasteiger partial charge in [0.1, 0.15) is 12.4 Å². The van der Waals surface area contributed by atoms with Gasteiger partial charge in [-0.25, -0.2) is 5.84 Å². The van der Waals surface area contributed by atoms with Crippen molar-refractivity contribution in [2.24, 2.45) is 5.84 Å². The standard InChI is InChI=1S/C14H14BrN3O3/c15-11-3-6-13(19)18(9-11)7-8-21-12-4-1-10(2-5-12)14(20)17-16/h1-6,9H,7-8,16H2,(H,17,20). The monoisotopic (exact) mass is 351 g/mol. The molecule has 2 rings (SSSR count). The van der Waals surface area contributed by atoms with Crippen LogP contribution in [0, 0.1) is 0 Å². The number of carbonyl (C=O) groups is 1. The number of hydrogen-bond acceptors (Lipinski definition) is 4. The second-order valence-corrected chi connectivity index (χ2v) is 5.14. The molecule has 110 valence electrons. The maximum atomic E-state index is 11.6. The number of carbonyl (C=O) groups excluding carboxylic acids is 1. The minimum absolute atomic E-state index is 0.0863. The van der Waals surface area contributed by atoms with Gasteiger partial charge in [0.15, 0.2) is 0 Å². The number of pyridine rings is 1. The number of nitrogens with two attached hydrogens (primary N) is 1. The summed E-state index contributed by atoms with van der Waals surface area (Å²) in [6.45, 7) is 0.780. The van der Waals surface area contributed by atoms with E-state index in [4.69, 9.17) is 10.6 Å². The highest BCUT2D eigenvalue weighted by atomic mass is 79.9. The molecule has 6 nitrogen and oxygen atoms in total. The number of halogens is 1. The molecular formula is C14H14BrN3O3. The van der Waals surface area contributed by atoms with Crippen molar-refractivity contribution in [2.45, 2.75) is 6.54 Å². The van der Waals surface area contributed by atoms with E-state index in [1.54, 1.807) is 41.1 Å². The van der Waals surface area contributed by atoms with Gasteiger partial charge in [-0.05, 0) is 46.3 Å². The van der Waals surface area contributed by atoms with Crippen LogP contribution in [0.25, 0.3) is 0 Å². The van der Waals surface area contributed by atoms with Crippen molar-refractivity contribution in [3.8, 4) is 5.75 Å². The minimum atomic E-state index is -0.359. The van der Waals surface area contributed by atoms with E-state index >= 15 is 0 Å². The topological polar surface area (TPSA) is 86.3 Å². The Labute approximate surface area is 129 Å². The number of nitrogens with one attached hydrogen (secondary N) is 1. The minimum Gasteiger partial charge on any atom is -0.492 e. The molecule has 0 aliphatic carbocycles. The molecule has 3 N–H and O–H groups in total. The fourth-order valence-corrected chi connectivity index (χ4v) is 2.10. The van der Waals surface area contributed by atoms with Crippen molar-refractivity contribution < 1.29 is 9.53 Å².